The first-order chi connectivity index (χ1) is 8.43. The summed E-state index contributed by atoms with van der Waals surface area (Å²) in [5.41, 5.74) is 2.08. The highest BCUT2D eigenvalue weighted by molar-refractivity contribution is 6.30. The predicted molar refractivity (Wildman–Crippen MR) is 73.5 cm³/mol. The van der Waals surface area contributed by atoms with Crippen molar-refractivity contribution < 1.29 is 9.47 Å². The van der Waals surface area contributed by atoms with Gasteiger partial charge in [-0.2, -0.15) is 0 Å². The molecule has 1 N–H and O–H groups in total. The van der Waals surface area contributed by atoms with Gasteiger partial charge in [-0.05, 0) is 38.5 Å². The van der Waals surface area contributed by atoms with E-state index in [1.807, 2.05) is 19.1 Å². The fourth-order valence-corrected chi connectivity index (χ4v) is 2.54. The van der Waals surface area contributed by atoms with E-state index in [-0.39, 0.29) is 11.6 Å². The second-order valence-corrected chi connectivity index (χ2v) is 5.85. The molecule has 1 atom stereocenters. The van der Waals surface area contributed by atoms with Crippen molar-refractivity contribution in [1.29, 1.82) is 0 Å². The van der Waals surface area contributed by atoms with Gasteiger partial charge in [0.15, 0.2) is 0 Å². The van der Waals surface area contributed by atoms with Gasteiger partial charge in [0.25, 0.3) is 0 Å². The smallest absolute Gasteiger partial charge is 0.127 e. The lowest BCUT2D eigenvalue weighted by Gasteiger charge is -2.36. The predicted octanol–water partition coefficient (Wildman–Crippen LogP) is 3.10. The van der Waals surface area contributed by atoms with E-state index in [2.05, 4.69) is 19.2 Å². The van der Waals surface area contributed by atoms with Crippen molar-refractivity contribution >= 4 is 11.6 Å². The van der Waals surface area contributed by atoms with E-state index in [1.54, 1.807) is 7.11 Å². The number of rotatable bonds is 2. The van der Waals surface area contributed by atoms with Gasteiger partial charge in [0.05, 0.1) is 19.8 Å². The molecule has 2 rings (SSSR count). The molecule has 0 amide bonds. The lowest BCUT2D eigenvalue weighted by atomic mass is 9.99. The molecule has 1 aliphatic heterocycles. The van der Waals surface area contributed by atoms with Crippen molar-refractivity contribution in [2.45, 2.75) is 32.4 Å². The summed E-state index contributed by atoms with van der Waals surface area (Å²) in [5, 5.41) is 4.19. The van der Waals surface area contributed by atoms with Crippen LogP contribution in [0.15, 0.2) is 12.1 Å². The van der Waals surface area contributed by atoms with Gasteiger partial charge in [-0.3, -0.25) is 0 Å². The Hall–Kier alpha value is -0.770. The summed E-state index contributed by atoms with van der Waals surface area (Å²) in [7, 11) is 1.68. The van der Waals surface area contributed by atoms with Gasteiger partial charge in [0.1, 0.15) is 5.75 Å². The molecule has 0 spiro atoms. The van der Waals surface area contributed by atoms with E-state index in [0.29, 0.717) is 6.61 Å². The second-order valence-electron chi connectivity index (χ2n) is 5.41. The molecule has 1 aromatic rings. The summed E-state index contributed by atoms with van der Waals surface area (Å²) >= 11 is 6.12. The van der Waals surface area contributed by atoms with Gasteiger partial charge >= 0.3 is 0 Å². The van der Waals surface area contributed by atoms with E-state index in [1.165, 1.54) is 0 Å². The molecule has 0 saturated carbocycles. The summed E-state index contributed by atoms with van der Waals surface area (Å²) in [4.78, 5) is 0. The molecule has 1 heterocycles. The molecular formula is C14H20ClNO2. The van der Waals surface area contributed by atoms with Crippen LogP contribution in [-0.2, 0) is 4.74 Å². The van der Waals surface area contributed by atoms with Crippen molar-refractivity contribution in [3.05, 3.63) is 28.3 Å². The first kappa shape index (κ1) is 13.7. The number of halogens is 1. The summed E-state index contributed by atoms with van der Waals surface area (Å²) in [5.74, 6) is 0.867. The number of ether oxygens (including phenoxy) is 2. The zero-order valence-corrected chi connectivity index (χ0v) is 12.1. The Balaban J connectivity index is 2.28. The number of hydrogen-bond acceptors (Lipinski definition) is 3. The highest BCUT2D eigenvalue weighted by Gasteiger charge is 2.29. The average Bonchev–Trinajstić information content (AvgIpc) is 2.28. The van der Waals surface area contributed by atoms with Crippen molar-refractivity contribution in [1.82, 2.24) is 5.32 Å². The van der Waals surface area contributed by atoms with Gasteiger partial charge in [-0.1, -0.05) is 11.6 Å². The fourth-order valence-electron chi connectivity index (χ4n) is 2.26. The Morgan fingerprint density at radius 2 is 2.17 bits per heavy atom. The van der Waals surface area contributed by atoms with Crippen LogP contribution in [0.4, 0.5) is 0 Å². The minimum absolute atomic E-state index is 0.00891. The molecule has 0 aromatic heterocycles. The van der Waals surface area contributed by atoms with E-state index in [4.69, 9.17) is 21.1 Å². The van der Waals surface area contributed by atoms with Gasteiger partial charge in [-0.15, -0.1) is 0 Å². The molecule has 1 fully saturated rings. The molecule has 0 radical (unpaired) electrons. The van der Waals surface area contributed by atoms with Gasteiger partial charge in [-0.25, -0.2) is 0 Å². The number of aryl methyl sites for hydroxylation is 1. The Kier molecular flexibility index (Phi) is 3.85. The van der Waals surface area contributed by atoms with Gasteiger partial charge in [0.2, 0.25) is 0 Å². The fraction of sp³-hybridized carbons (Fsp3) is 0.571. The maximum Gasteiger partial charge on any atom is 0.127 e. The SMILES string of the molecule is COc1c(C)cc(Cl)cc1C1CNC(C)(C)CO1. The largest absolute Gasteiger partial charge is 0.496 e. The first-order valence-electron chi connectivity index (χ1n) is 6.13. The minimum atomic E-state index is -0.00891. The third-order valence-corrected chi connectivity index (χ3v) is 3.45. The van der Waals surface area contributed by atoms with Crippen molar-refractivity contribution in [3.8, 4) is 5.75 Å². The topological polar surface area (TPSA) is 30.5 Å². The molecule has 3 nitrogen and oxygen atoms in total. The van der Waals surface area contributed by atoms with Crippen LogP contribution in [-0.4, -0.2) is 25.8 Å². The Labute approximate surface area is 113 Å². The lowest BCUT2D eigenvalue weighted by Crippen LogP contribution is -2.50. The lowest BCUT2D eigenvalue weighted by molar-refractivity contribution is -0.0238. The third kappa shape index (κ3) is 2.79. The molecule has 0 aliphatic carbocycles. The normalized spacial score (nSPS) is 22.8. The molecule has 1 aromatic carbocycles. The molecule has 18 heavy (non-hydrogen) atoms. The molecular weight excluding hydrogens is 250 g/mol. The standard InChI is InChI=1S/C14H20ClNO2/c1-9-5-10(15)6-11(13(9)17-4)12-7-16-14(2,3)8-18-12/h5-6,12,16H,7-8H2,1-4H3. The molecule has 100 valence electrons. The highest BCUT2D eigenvalue weighted by Crippen LogP contribution is 2.35. The number of benzene rings is 1. The van der Waals surface area contributed by atoms with Gasteiger partial charge < -0.3 is 14.8 Å². The first-order valence-corrected chi connectivity index (χ1v) is 6.51. The van der Waals surface area contributed by atoms with Crippen molar-refractivity contribution in [2.24, 2.45) is 0 Å². The van der Waals surface area contributed by atoms with Crippen molar-refractivity contribution in [3.63, 3.8) is 0 Å². The number of morpholine rings is 1. The molecule has 1 aliphatic rings. The zero-order valence-electron chi connectivity index (χ0n) is 11.3. The van der Waals surface area contributed by atoms with Crippen LogP contribution in [0, 0.1) is 6.92 Å². The summed E-state index contributed by atoms with van der Waals surface area (Å²) < 4.78 is 11.4. The Bertz CT molecular complexity index is 436. The summed E-state index contributed by atoms with van der Waals surface area (Å²) in [6.07, 6.45) is -0.00891. The van der Waals surface area contributed by atoms with Crippen LogP contribution < -0.4 is 10.1 Å². The van der Waals surface area contributed by atoms with Crippen LogP contribution in [0.25, 0.3) is 0 Å². The number of methoxy groups -OCH3 is 1. The summed E-state index contributed by atoms with van der Waals surface area (Å²) in [6, 6.07) is 3.84. The van der Waals surface area contributed by atoms with E-state index < -0.39 is 0 Å². The van der Waals surface area contributed by atoms with Crippen LogP contribution in [0.2, 0.25) is 5.02 Å². The summed E-state index contributed by atoms with van der Waals surface area (Å²) in [6.45, 7) is 7.69. The molecule has 1 unspecified atom stereocenters. The van der Waals surface area contributed by atoms with Gasteiger partial charge in [0, 0.05) is 22.7 Å². The molecule has 4 heteroatoms. The van der Waals surface area contributed by atoms with Crippen molar-refractivity contribution in [2.75, 3.05) is 20.3 Å². The molecule has 0 bridgehead atoms. The monoisotopic (exact) mass is 269 g/mol. The Morgan fingerprint density at radius 3 is 2.72 bits per heavy atom. The van der Waals surface area contributed by atoms with Crippen LogP contribution >= 0.6 is 11.6 Å². The van der Waals surface area contributed by atoms with Crippen LogP contribution in [0.3, 0.4) is 0 Å². The number of hydrogen-bond donors (Lipinski definition) is 1. The number of nitrogens with one attached hydrogen (secondary N) is 1. The minimum Gasteiger partial charge on any atom is -0.496 e. The molecule has 1 saturated heterocycles. The zero-order chi connectivity index (χ0) is 13.3. The van der Waals surface area contributed by atoms with E-state index >= 15 is 0 Å². The van der Waals surface area contributed by atoms with E-state index in [0.717, 1.165) is 28.4 Å². The average molecular weight is 270 g/mol. The Morgan fingerprint density at radius 1 is 1.44 bits per heavy atom. The maximum atomic E-state index is 6.12. The van der Waals surface area contributed by atoms with Crippen LogP contribution in [0.5, 0.6) is 5.75 Å². The highest BCUT2D eigenvalue weighted by atomic mass is 35.5. The maximum absolute atomic E-state index is 6.12. The van der Waals surface area contributed by atoms with Crippen LogP contribution in [0.1, 0.15) is 31.1 Å². The quantitative estimate of drug-likeness (QED) is 0.895. The third-order valence-electron chi connectivity index (χ3n) is 3.23. The van der Waals surface area contributed by atoms with E-state index in [9.17, 15) is 0 Å². The second kappa shape index (κ2) is 5.08.